The zero-order valence-electron chi connectivity index (χ0n) is 34.2. The van der Waals surface area contributed by atoms with E-state index in [4.69, 9.17) is 0 Å². The van der Waals surface area contributed by atoms with Crippen LogP contribution in [0.15, 0.2) is 194 Å². The fraction of sp³-hybridized carbons (Fsp3) is 0. The molecule has 6 nitrogen and oxygen atoms in total. The van der Waals surface area contributed by atoms with Gasteiger partial charge in [0.05, 0.1) is 68.6 Å². The monoisotopic (exact) mass is 812 g/mol. The number of fused-ring (bicyclic) bond motifs is 7. The lowest BCUT2D eigenvalue weighted by Crippen LogP contribution is -1.98. The Hall–Kier alpha value is -9.46. The van der Waals surface area contributed by atoms with Crippen molar-refractivity contribution in [2.75, 3.05) is 0 Å². The largest absolute Gasteiger partial charge is 0.309 e. The van der Waals surface area contributed by atoms with Crippen LogP contribution in [0.1, 0.15) is 22.3 Å². The Balaban J connectivity index is 1.23. The molecule has 0 amide bonds. The smallest absolute Gasteiger partial charge is 0.0998 e. The van der Waals surface area contributed by atoms with Crippen LogP contribution >= 0.6 is 0 Å². The molecule has 0 aliphatic rings. The molecule has 0 bridgehead atoms. The lowest BCUT2D eigenvalue weighted by Gasteiger charge is -2.16. The molecule has 294 valence electrons. The third-order valence-corrected chi connectivity index (χ3v) is 12.3. The molecule has 0 N–H and O–H groups in total. The second kappa shape index (κ2) is 15.2. The molecule has 2 aromatic heterocycles. The van der Waals surface area contributed by atoms with Gasteiger partial charge in [-0.3, -0.25) is 0 Å². The number of rotatable bonds is 6. The normalized spacial score (nSPS) is 11.1. The molecule has 6 heteroatoms. The Morgan fingerprint density at radius 2 is 0.562 bits per heavy atom. The van der Waals surface area contributed by atoms with Crippen LogP contribution in [0.2, 0.25) is 0 Å². The van der Waals surface area contributed by atoms with Crippen LogP contribution in [0, 0.1) is 45.3 Å². The average molecular weight is 813 g/mol. The van der Waals surface area contributed by atoms with Crippen LogP contribution in [0.3, 0.4) is 0 Å². The number of nitrogens with zero attached hydrogens (tertiary/aromatic N) is 6. The van der Waals surface area contributed by atoms with Gasteiger partial charge < -0.3 is 9.13 Å². The highest BCUT2D eigenvalue weighted by atomic mass is 15.0. The second-order valence-corrected chi connectivity index (χ2v) is 15.7. The molecule has 0 aliphatic carbocycles. The summed E-state index contributed by atoms with van der Waals surface area (Å²) in [6, 6.07) is 74.1. The van der Waals surface area contributed by atoms with Crippen LogP contribution in [-0.4, -0.2) is 9.13 Å². The predicted octanol–water partition coefficient (Wildman–Crippen LogP) is 14.0. The first kappa shape index (κ1) is 37.5. The second-order valence-electron chi connectivity index (χ2n) is 15.7. The van der Waals surface area contributed by atoms with Gasteiger partial charge in [-0.05, 0) is 129 Å². The minimum Gasteiger partial charge on any atom is -0.309 e. The van der Waals surface area contributed by atoms with Crippen molar-refractivity contribution in [3.05, 3.63) is 216 Å². The van der Waals surface area contributed by atoms with Crippen molar-refractivity contribution in [1.29, 1.82) is 21.0 Å². The zero-order chi connectivity index (χ0) is 43.3. The quantitative estimate of drug-likeness (QED) is 0.167. The summed E-state index contributed by atoms with van der Waals surface area (Å²) in [6.07, 6.45) is 0. The molecule has 0 atom stereocenters. The molecule has 9 aromatic carbocycles. The van der Waals surface area contributed by atoms with Crippen LogP contribution < -0.4 is 0 Å². The maximum absolute atomic E-state index is 10.2. The summed E-state index contributed by atoms with van der Waals surface area (Å²) in [7, 11) is 0. The van der Waals surface area contributed by atoms with Crippen molar-refractivity contribution >= 4 is 43.6 Å². The van der Waals surface area contributed by atoms with E-state index in [0.717, 1.165) is 99.5 Å². The highest BCUT2D eigenvalue weighted by molar-refractivity contribution is 6.29. The number of benzene rings is 9. The predicted molar refractivity (Wildman–Crippen MR) is 256 cm³/mol. The third-order valence-electron chi connectivity index (χ3n) is 12.3. The third kappa shape index (κ3) is 5.92. The van der Waals surface area contributed by atoms with E-state index in [0.29, 0.717) is 22.3 Å². The SMILES string of the molecule is N#Cc1ccccc1-c1cc(-c2ccccc2C#N)cc(-n2c3ccccc3c3c4c5ccccc5n(-c5cc(-c6ccccc6C#N)cc(-c6ccccc6C#N)c5)c4ccc32)c1. The van der Waals surface area contributed by atoms with E-state index < -0.39 is 0 Å². The van der Waals surface area contributed by atoms with Gasteiger partial charge in [-0.2, -0.15) is 21.0 Å². The molecule has 0 saturated carbocycles. The van der Waals surface area contributed by atoms with Crippen LogP contribution in [0.25, 0.3) is 99.5 Å². The first-order valence-electron chi connectivity index (χ1n) is 20.8. The Labute approximate surface area is 368 Å². The van der Waals surface area contributed by atoms with E-state index >= 15 is 0 Å². The number of hydrogen-bond acceptors (Lipinski definition) is 4. The summed E-state index contributed by atoms with van der Waals surface area (Å²) >= 11 is 0. The standard InChI is InChI=1S/C58H32N6/c59-33-37-13-1-5-17-47(37)41-27-42(48-18-6-2-14-38(48)34-60)30-45(29-41)63-53-23-11-9-21-51(53)57-55(63)25-26-56-58(57)52-22-10-12-24-54(52)64(56)46-31-43(49-19-7-3-15-39(49)35-61)28-44(32-46)50-20-8-4-16-40(50)36-62/h1-32H. The highest BCUT2D eigenvalue weighted by Crippen LogP contribution is 2.44. The molecule has 2 heterocycles. The van der Waals surface area contributed by atoms with E-state index in [2.05, 4.69) is 130 Å². The van der Waals surface area contributed by atoms with E-state index in [1.54, 1.807) is 0 Å². The summed E-state index contributed by atoms with van der Waals surface area (Å²) in [5.74, 6) is 0. The van der Waals surface area contributed by atoms with E-state index in [9.17, 15) is 21.0 Å². The van der Waals surface area contributed by atoms with Gasteiger partial charge in [0.1, 0.15) is 0 Å². The Kier molecular flexibility index (Phi) is 8.93. The maximum Gasteiger partial charge on any atom is 0.0998 e. The van der Waals surface area contributed by atoms with Gasteiger partial charge in [-0.15, -0.1) is 0 Å². The van der Waals surface area contributed by atoms with E-state index in [1.165, 1.54) is 0 Å². The highest BCUT2D eigenvalue weighted by Gasteiger charge is 2.23. The van der Waals surface area contributed by atoms with Crippen LogP contribution in [0.4, 0.5) is 0 Å². The van der Waals surface area contributed by atoms with Gasteiger partial charge in [-0.1, -0.05) is 109 Å². The number of nitriles is 4. The minimum absolute atomic E-state index is 0.565. The molecular weight excluding hydrogens is 781 g/mol. The van der Waals surface area contributed by atoms with Gasteiger partial charge in [-0.25, -0.2) is 0 Å². The fourth-order valence-corrected chi connectivity index (χ4v) is 9.51. The number of para-hydroxylation sites is 2. The van der Waals surface area contributed by atoms with E-state index in [-0.39, 0.29) is 0 Å². The number of hydrogen-bond donors (Lipinski definition) is 0. The van der Waals surface area contributed by atoms with Crippen molar-refractivity contribution in [1.82, 2.24) is 9.13 Å². The summed E-state index contributed by atoms with van der Waals surface area (Å²) in [6.45, 7) is 0. The van der Waals surface area contributed by atoms with Crippen LogP contribution in [-0.2, 0) is 0 Å². The summed E-state index contributed by atoms with van der Waals surface area (Å²) in [5.41, 5.74) is 14.8. The summed E-state index contributed by atoms with van der Waals surface area (Å²) in [5, 5.41) is 45.2. The van der Waals surface area contributed by atoms with Gasteiger partial charge in [0, 0.05) is 32.9 Å². The zero-order valence-corrected chi connectivity index (χ0v) is 34.2. The van der Waals surface area contributed by atoms with Gasteiger partial charge in [0.15, 0.2) is 0 Å². The van der Waals surface area contributed by atoms with Gasteiger partial charge >= 0.3 is 0 Å². The molecule has 0 spiro atoms. The number of aromatic nitrogens is 2. The first-order valence-corrected chi connectivity index (χ1v) is 20.8. The van der Waals surface area contributed by atoms with Crippen LogP contribution in [0.5, 0.6) is 0 Å². The first-order chi connectivity index (χ1) is 31.6. The Morgan fingerprint density at radius 1 is 0.281 bits per heavy atom. The molecule has 64 heavy (non-hydrogen) atoms. The average Bonchev–Trinajstić information content (AvgIpc) is 3.89. The molecule has 11 rings (SSSR count). The van der Waals surface area contributed by atoms with Gasteiger partial charge in [0.25, 0.3) is 0 Å². The topological polar surface area (TPSA) is 105 Å². The molecule has 0 radical (unpaired) electrons. The molecule has 11 aromatic rings. The molecule has 0 saturated heterocycles. The van der Waals surface area contributed by atoms with Crippen molar-refractivity contribution in [3.63, 3.8) is 0 Å². The minimum atomic E-state index is 0.565. The Bertz CT molecular complexity index is 3500. The fourth-order valence-electron chi connectivity index (χ4n) is 9.51. The van der Waals surface area contributed by atoms with Gasteiger partial charge in [0.2, 0.25) is 0 Å². The summed E-state index contributed by atoms with van der Waals surface area (Å²) < 4.78 is 4.59. The molecule has 0 unspecified atom stereocenters. The lowest BCUT2D eigenvalue weighted by molar-refractivity contribution is 1.17. The Morgan fingerprint density at radius 3 is 0.875 bits per heavy atom. The van der Waals surface area contributed by atoms with Crippen molar-refractivity contribution < 1.29 is 0 Å². The molecular formula is C58H32N6. The van der Waals surface area contributed by atoms with Crippen molar-refractivity contribution in [3.8, 4) is 80.2 Å². The molecule has 0 fully saturated rings. The lowest BCUT2D eigenvalue weighted by atomic mass is 9.93. The maximum atomic E-state index is 10.2. The van der Waals surface area contributed by atoms with Crippen molar-refractivity contribution in [2.24, 2.45) is 0 Å². The van der Waals surface area contributed by atoms with Crippen molar-refractivity contribution in [2.45, 2.75) is 0 Å². The summed E-state index contributed by atoms with van der Waals surface area (Å²) in [4.78, 5) is 0. The van der Waals surface area contributed by atoms with E-state index in [1.807, 2.05) is 97.1 Å². The molecule has 0 aliphatic heterocycles.